The summed E-state index contributed by atoms with van der Waals surface area (Å²) in [4.78, 5) is 19.3. The monoisotopic (exact) mass is 266 g/mol. The molecule has 4 rings (SSSR count). The van der Waals surface area contributed by atoms with Gasteiger partial charge in [0.1, 0.15) is 5.52 Å². The van der Waals surface area contributed by atoms with Crippen LogP contribution in [0.15, 0.2) is 35.1 Å². The molecule has 0 aliphatic heterocycles. The van der Waals surface area contributed by atoms with Crippen LogP contribution in [-0.4, -0.2) is 29.9 Å². The summed E-state index contributed by atoms with van der Waals surface area (Å²) in [6.45, 7) is 1.80. The molecule has 20 heavy (non-hydrogen) atoms. The Morgan fingerprint density at radius 2 is 2.05 bits per heavy atom. The van der Waals surface area contributed by atoms with Gasteiger partial charge in [-0.15, -0.1) is 10.2 Å². The van der Waals surface area contributed by atoms with Gasteiger partial charge in [-0.05, 0) is 13.0 Å². The summed E-state index contributed by atoms with van der Waals surface area (Å²) in [6.07, 6.45) is 0. The summed E-state index contributed by atoms with van der Waals surface area (Å²) in [5.74, 6) is 0.224. The molecule has 7 nitrogen and oxygen atoms in total. The van der Waals surface area contributed by atoms with E-state index in [2.05, 4.69) is 25.3 Å². The van der Waals surface area contributed by atoms with E-state index in [4.69, 9.17) is 0 Å². The Kier molecular flexibility index (Phi) is 2.06. The molecule has 0 amide bonds. The summed E-state index contributed by atoms with van der Waals surface area (Å²) < 4.78 is 1.27. The minimum Gasteiger partial charge on any atom is -0.338 e. The molecule has 0 unspecified atom stereocenters. The van der Waals surface area contributed by atoms with Crippen LogP contribution in [0.2, 0.25) is 0 Å². The van der Waals surface area contributed by atoms with E-state index in [1.807, 2.05) is 24.3 Å². The predicted molar refractivity (Wildman–Crippen MR) is 73.9 cm³/mol. The van der Waals surface area contributed by atoms with Crippen LogP contribution in [0.4, 0.5) is 0 Å². The first kappa shape index (κ1) is 10.9. The lowest BCUT2D eigenvalue weighted by molar-refractivity contribution is 0.757. The Bertz CT molecular complexity index is 993. The first-order valence-electron chi connectivity index (χ1n) is 6.12. The SMILES string of the molecule is Cc1cc(=O)n(-c2nnc3c(n2)[nH]c2ccccc23)[nH]1. The van der Waals surface area contributed by atoms with E-state index in [9.17, 15) is 4.79 Å². The molecule has 0 aliphatic rings. The molecule has 0 saturated carbocycles. The summed E-state index contributed by atoms with van der Waals surface area (Å²) in [6, 6.07) is 9.26. The molecular weight excluding hydrogens is 256 g/mol. The Morgan fingerprint density at radius 3 is 2.85 bits per heavy atom. The molecule has 1 aromatic carbocycles. The molecule has 2 N–H and O–H groups in total. The second kappa shape index (κ2) is 3.77. The number of benzene rings is 1. The number of nitrogens with zero attached hydrogens (tertiary/aromatic N) is 4. The van der Waals surface area contributed by atoms with E-state index < -0.39 is 0 Å². The van der Waals surface area contributed by atoms with E-state index in [-0.39, 0.29) is 11.5 Å². The molecule has 98 valence electrons. The molecule has 0 fully saturated rings. The van der Waals surface area contributed by atoms with E-state index in [1.165, 1.54) is 10.7 Å². The fraction of sp³-hybridized carbons (Fsp3) is 0.0769. The third kappa shape index (κ3) is 1.46. The smallest absolute Gasteiger partial charge is 0.274 e. The lowest BCUT2D eigenvalue weighted by Gasteiger charge is -1.98. The molecule has 0 aliphatic carbocycles. The van der Waals surface area contributed by atoms with Crippen molar-refractivity contribution in [1.82, 2.24) is 29.9 Å². The van der Waals surface area contributed by atoms with Gasteiger partial charge in [0.2, 0.25) is 0 Å². The Hall–Kier alpha value is -2.96. The molecule has 0 saturated heterocycles. The Balaban J connectivity index is 2.01. The Morgan fingerprint density at radius 1 is 1.20 bits per heavy atom. The Labute approximate surface area is 112 Å². The topological polar surface area (TPSA) is 92.2 Å². The molecule has 3 aromatic heterocycles. The maximum absolute atomic E-state index is 11.8. The molecule has 7 heteroatoms. The van der Waals surface area contributed by atoms with Gasteiger partial charge < -0.3 is 4.98 Å². The summed E-state index contributed by atoms with van der Waals surface area (Å²) in [7, 11) is 0. The average Bonchev–Trinajstić information content (AvgIpc) is 2.97. The second-order valence-electron chi connectivity index (χ2n) is 4.59. The van der Waals surface area contributed by atoms with Crippen molar-refractivity contribution in [3.05, 3.63) is 46.4 Å². The molecule has 4 aromatic rings. The maximum Gasteiger partial charge on any atom is 0.274 e. The van der Waals surface area contributed by atoms with E-state index in [0.717, 1.165) is 16.6 Å². The molecule has 0 spiro atoms. The van der Waals surface area contributed by atoms with Crippen molar-refractivity contribution in [2.75, 3.05) is 0 Å². The zero-order valence-corrected chi connectivity index (χ0v) is 10.6. The number of aromatic amines is 2. The van der Waals surface area contributed by atoms with Crippen molar-refractivity contribution < 1.29 is 0 Å². The van der Waals surface area contributed by atoms with Crippen LogP contribution >= 0.6 is 0 Å². The van der Waals surface area contributed by atoms with Crippen molar-refractivity contribution in [3.8, 4) is 5.95 Å². The minimum absolute atomic E-state index is 0.209. The number of hydrogen-bond donors (Lipinski definition) is 2. The molecular formula is C13H10N6O. The van der Waals surface area contributed by atoms with Crippen LogP contribution in [0.25, 0.3) is 28.0 Å². The highest BCUT2D eigenvalue weighted by Crippen LogP contribution is 2.21. The number of hydrogen-bond acceptors (Lipinski definition) is 4. The van der Waals surface area contributed by atoms with Crippen LogP contribution in [0.5, 0.6) is 0 Å². The number of aryl methyl sites for hydroxylation is 1. The highest BCUT2D eigenvalue weighted by atomic mass is 16.1. The number of para-hydroxylation sites is 1. The van der Waals surface area contributed by atoms with Gasteiger partial charge in [-0.25, -0.2) is 0 Å². The summed E-state index contributed by atoms with van der Waals surface area (Å²) >= 11 is 0. The highest BCUT2D eigenvalue weighted by Gasteiger charge is 2.11. The molecule has 0 bridgehead atoms. The van der Waals surface area contributed by atoms with Gasteiger partial charge in [-0.1, -0.05) is 18.2 Å². The van der Waals surface area contributed by atoms with E-state index in [0.29, 0.717) is 11.2 Å². The number of aromatic nitrogens is 6. The molecule has 0 atom stereocenters. The van der Waals surface area contributed by atoms with Crippen molar-refractivity contribution >= 4 is 22.1 Å². The van der Waals surface area contributed by atoms with Gasteiger partial charge in [0.15, 0.2) is 5.65 Å². The van der Waals surface area contributed by atoms with Crippen LogP contribution in [0, 0.1) is 6.92 Å². The molecule has 3 heterocycles. The van der Waals surface area contributed by atoms with E-state index >= 15 is 0 Å². The quantitative estimate of drug-likeness (QED) is 0.543. The number of fused-ring (bicyclic) bond motifs is 3. The number of rotatable bonds is 1. The normalized spacial score (nSPS) is 11.4. The highest BCUT2D eigenvalue weighted by molar-refractivity contribution is 6.03. The largest absolute Gasteiger partial charge is 0.338 e. The van der Waals surface area contributed by atoms with Crippen LogP contribution in [0.1, 0.15) is 5.69 Å². The average molecular weight is 266 g/mol. The number of H-pyrrole nitrogens is 2. The first-order chi connectivity index (χ1) is 9.72. The first-order valence-corrected chi connectivity index (χ1v) is 6.12. The zero-order chi connectivity index (χ0) is 13.7. The summed E-state index contributed by atoms with van der Waals surface area (Å²) in [5.41, 5.74) is 2.78. The van der Waals surface area contributed by atoms with Crippen LogP contribution in [-0.2, 0) is 0 Å². The molecule has 0 radical (unpaired) electrons. The second-order valence-corrected chi connectivity index (χ2v) is 4.59. The van der Waals surface area contributed by atoms with Crippen molar-refractivity contribution in [2.45, 2.75) is 6.92 Å². The van der Waals surface area contributed by atoms with Crippen LogP contribution in [0.3, 0.4) is 0 Å². The predicted octanol–water partition coefficient (Wildman–Crippen LogP) is 1.29. The maximum atomic E-state index is 11.8. The van der Waals surface area contributed by atoms with Gasteiger partial charge >= 0.3 is 0 Å². The van der Waals surface area contributed by atoms with Gasteiger partial charge in [0, 0.05) is 22.7 Å². The van der Waals surface area contributed by atoms with Crippen LogP contribution < -0.4 is 5.56 Å². The van der Waals surface area contributed by atoms with Gasteiger partial charge in [-0.2, -0.15) is 9.67 Å². The minimum atomic E-state index is -0.209. The van der Waals surface area contributed by atoms with Crippen molar-refractivity contribution in [1.29, 1.82) is 0 Å². The van der Waals surface area contributed by atoms with Gasteiger partial charge in [-0.3, -0.25) is 9.89 Å². The van der Waals surface area contributed by atoms with Crippen molar-refractivity contribution in [3.63, 3.8) is 0 Å². The van der Waals surface area contributed by atoms with Gasteiger partial charge in [0.05, 0.1) is 0 Å². The lowest BCUT2D eigenvalue weighted by Crippen LogP contribution is -2.17. The third-order valence-electron chi connectivity index (χ3n) is 3.16. The van der Waals surface area contributed by atoms with Crippen molar-refractivity contribution in [2.24, 2.45) is 0 Å². The standard InChI is InChI=1S/C13H10N6O/c1-7-6-10(20)19(18-7)13-15-12-11(16-17-13)8-4-2-3-5-9(8)14-12/h2-6,18H,1H3,(H,14,15,17). The third-order valence-corrected chi connectivity index (χ3v) is 3.16. The zero-order valence-electron chi connectivity index (χ0n) is 10.6. The lowest BCUT2D eigenvalue weighted by atomic mass is 10.2. The van der Waals surface area contributed by atoms with E-state index in [1.54, 1.807) is 6.92 Å². The summed E-state index contributed by atoms with van der Waals surface area (Å²) in [5, 5.41) is 12.0. The number of nitrogens with one attached hydrogen (secondary N) is 2. The fourth-order valence-electron chi connectivity index (χ4n) is 2.27. The fourth-order valence-corrected chi connectivity index (χ4v) is 2.27. The van der Waals surface area contributed by atoms with Gasteiger partial charge in [0.25, 0.3) is 11.5 Å².